The molecular formula is C16H21ClN2O2S. The van der Waals surface area contributed by atoms with E-state index in [1.165, 1.54) is 0 Å². The SMILES string of the molecule is CCC1SCC(C(=O)NC(C)C)N1C(=O)c1ccccc1Cl. The van der Waals surface area contributed by atoms with Crippen molar-refractivity contribution in [2.75, 3.05) is 5.75 Å². The van der Waals surface area contributed by atoms with Crippen LogP contribution in [0.25, 0.3) is 0 Å². The molecule has 1 aliphatic rings. The van der Waals surface area contributed by atoms with E-state index in [1.807, 2.05) is 20.8 Å². The molecule has 2 atom stereocenters. The maximum atomic E-state index is 12.9. The van der Waals surface area contributed by atoms with Crippen LogP contribution in [0.2, 0.25) is 5.02 Å². The van der Waals surface area contributed by atoms with Crippen molar-refractivity contribution in [2.24, 2.45) is 0 Å². The second-order valence-electron chi connectivity index (χ2n) is 5.57. The summed E-state index contributed by atoms with van der Waals surface area (Å²) < 4.78 is 0. The number of rotatable bonds is 4. The minimum atomic E-state index is -0.443. The Hall–Kier alpha value is -1.20. The Morgan fingerprint density at radius 2 is 2.09 bits per heavy atom. The number of hydrogen-bond acceptors (Lipinski definition) is 3. The smallest absolute Gasteiger partial charge is 0.256 e. The van der Waals surface area contributed by atoms with Gasteiger partial charge in [0.25, 0.3) is 5.91 Å². The highest BCUT2D eigenvalue weighted by Crippen LogP contribution is 2.33. The van der Waals surface area contributed by atoms with Crippen LogP contribution < -0.4 is 5.32 Å². The number of thioether (sulfide) groups is 1. The first-order valence-electron chi connectivity index (χ1n) is 7.44. The number of benzene rings is 1. The molecule has 2 unspecified atom stereocenters. The van der Waals surface area contributed by atoms with E-state index in [4.69, 9.17) is 11.6 Å². The maximum absolute atomic E-state index is 12.9. The molecule has 1 heterocycles. The second kappa shape index (κ2) is 7.38. The Labute approximate surface area is 140 Å². The van der Waals surface area contributed by atoms with Crippen LogP contribution in [0.4, 0.5) is 0 Å². The molecule has 4 nitrogen and oxygen atoms in total. The van der Waals surface area contributed by atoms with E-state index in [9.17, 15) is 9.59 Å². The van der Waals surface area contributed by atoms with Gasteiger partial charge in [0.05, 0.1) is 16.0 Å². The quantitative estimate of drug-likeness (QED) is 0.916. The highest BCUT2D eigenvalue weighted by atomic mass is 35.5. The van der Waals surface area contributed by atoms with Crippen LogP contribution in [0, 0.1) is 0 Å². The van der Waals surface area contributed by atoms with Gasteiger partial charge in [-0.05, 0) is 32.4 Å². The van der Waals surface area contributed by atoms with Gasteiger partial charge in [0.1, 0.15) is 6.04 Å². The molecule has 22 heavy (non-hydrogen) atoms. The van der Waals surface area contributed by atoms with Crippen molar-refractivity contribution >= 4 is 35.2 Å². The van der Waals surface area contributed by atoms with Crippen LogP contribution in [-0.4, -0.2) is 39.9 Å². The van der Waals surface area contributed by atoms with Gasteiger partial charge in [-0.1, -0.05) is 30.7 Å². The molecule has 1 fully saturated rings. The van der Waals surface area contributed by atoms with Crippen molar-refractivity contribution in [3.63, 3.8) is 0 Å². The van der Waals surface area contributed by atoms with Crippen molar-refractivity contribution < 1.29 is 9.59 Å². The number of halogens is 1. The summed E-state index contributed by atoms with van der Waals surface area (Å²) >= 11 is 7.79. The topological polar surface area (TPSA) is 49.4 Å². The number of carbonyl (C=O) groups is 2. The van der Waals surface area contributed by atoms with Crippen molar-refractivity contribution in [3.8, 4) is 0 Å². The third kappa shape index (κ3) is 3.58. The third-order valence-electron chi connectivity index (χ3n) is 3.51. The zero-order chi connectivity index (χ0) is 16.3. The molecule has 0 spiro atoms. The molecule has 0 aromatic heterocycles. The second-order valence-corrected chi connectivity index (χ2v) is 7.19. The van der Waals surface area contributed by atoms with Gasteiger partial charge in [-0.15, -0.1) is 11.8 Å². The van der Waals surface area contributed by atoms with Crippen LogP contribution in [0.3, 0.4) is 0 Å². The van der Waals surface area contributed by atoms with E-state index in [0.717, 1.165) is 6.42 Å². The van der Waals surface area contributed by atoms with Crippen LogP contribution in [0.5, 0.6) is 0 Å². The van der Waals surface area contributed by atoms with Gasteiger partial charge in [0, 0.05) is 11.8 Å². The summed E-state index contributed by atoms with van der Waals surface area (Å²) in [5, 5.41) is 3.33. The molecule has 0 radical (unpaired) electrons. The van der Waals surface area contributed by atoms with Gasteiger partial charge in [0.2, 0.25) is 5.91 Å². The van der Waals surface area contributed by atoms with Crippen LogP contribution in [-0.2, 0) is 4.79 Å². The van der Waals surface area contributed by atoms with Crippen molar-refractivity contribution in [2.45, 2.75) is 44.6 Å². The number of carbonyl (C=O) groups excluding carboxylic acids is 2. The summed E-state index contributed by atoms with van der Waals surface area (Å²) in [6.45, 7) is 5.85. The average Bonchev–Trinajstić information content (AvgIpc) is 2.90. The van der Waals surface area contributed by atoms with Gasteiger partial charge in [-0.2, -0.15) is 0 Å². The number of nitrogens with zero attached hydrogens (tertiary/aromatic N) is 1. The molecular weight excluding hydrogens is 320 g/mol. The molecule has 0 bridgehead atoms. The van der Waals surface area contributed by atoms with E-state index < -0.39 is 6.04 Å². The lowest BCUT2D eigenvalue weighted by molar-refractivity contribution is -0.125. The summed E-state index contributed by atoms with van der Waals surface area (Å²) in [6, 6.07) is 6.58. The first kappa shape index (κ1) is 17.2. The van der Waals surface area contributed by atoms with Gasteiger partial charge in [0.15, 0.2) is 0 Å². The fraction of sp³-hybridized carbons (Fsp3) is 0.500. The van der Waals surface area contributed by atoms with Gasteiger partial charge in [-0.25, -0.2) is 0 Å². The fourth-order valence-corrected chi connectivity index (χ4v) is 4.08. The standard InChI is InChI=1S/C16H21ClN2O2S/c1-4-14-19(13(9-22-14)15(20)18-10(2)3)16(21)11-7-5-6-8-12(11)17/h5-8,10,13-14H,4,9H2,1-3H3,(H,18,20). The molecule has 120 valence electrons. The Morgan fingerprint density at radius 3 is 2.68 bits per heavy atom. The monoisotopic (exact) mass is 340 g/mol. The Morgan fingerprint density at radius 1 is 1.41 bits per heavy atom. The van der Waals surface area contributed by atoms with Crippen molar-refractivity contribution in [3.05, 3.63) is 34.9 Å². The molecule has 1 saturated heterocycles. The molecule has 1 aliphatic heterocycles. The predicted octanol–water partition coefficient (Wildman–Crippen LogP) is 3.16. The molecule has 1 aromatic carbocycles. The minimum absolute atomic E-state index is 0.00619. The minimum Gasteiger partial charge on any atom is -0.352 e. The van der Waals surface area contributed by atoms with Crippen LogP contribution >= 0.6 is 23.4 Å². The Balaban J connectivity index is 2.28. The first-order chi connectivity index (χ1) is 10.5. The number of hydrogen-bond donors (Lipinski definition) is 1. The zero-order valence-corrected chi connectivity index (χ0v) is 14.6. The maximum Gasteiger partial charge on any atom is 0.256 e. The Kier molecular flexibility index (Phi) is 5.75. The van der Waals surface area contributed by atoms with E-state index in [0.29, 0.717) is 16.3 Å². The van der Waals surface area contributed by atoms with Crippen molar-refractivity contribution in [1.82, 2.24) is 10.2 Å². The van der Waals surface area contributed by atoms with Crippen LogP contribution in [0.1, 0.15) is 37.6 Å². The van der Waals surface area contributed by atoms with E-state index in [-0.39, 0.29) is 23.2 Å². The summed E-state index contributed by atoms with van der Waals surface area (Å²) in [5.74, 6) is 0.345. The lowest BCUT2D eigenvalue weighted by atomic mass is 10.1. The largest absolute Gasteiger partial charge is 0.352 e. The summed E-state index contributed by atoms with van der Waals surface area (Å²) in [7, 11) is 0. The lowest BCUT2D eigenvalue weighted by Crippen LogP contribution is -2.51. The molecule has 0 aliphatic carbocycles. The molecule has 1 aromatic rings. The van der Waals surface area contributed by atoms with Crippen molar-refractivity contribution in [1.29, 1.82) is 0 Å². The number of nitrogens with one attached hydrogen (secondary N) is 1. The number of amides is 2. The molecule has 0 saturated carbocycles. The van der Waals surface area contributed by atoms with Gasteiger partial charge < -0.3 is 10.2 Å². The average molecular weight is 341 g/mol. The van der Waals surface area contributed by atoms with Gasteiger partial charge in [-0.3, -0.25) is 9.59 Å². The summed E-state index contributed by atoms with van der Waals surface area (Å²) in [4.78, 5) is 27.0. The van der Waals surface area contributed by atoms with Crippen LogP contribution in [0.15, 0.2) is 24.3 Å². The summed E-state index contributed by atoms with van der Waals surface area (Å²) in [5.41, 5.74) is 0.451. The molecule has 2 rings (SSSR count). The highest BCUT2D eigenvalue weighted by Gasteiger charge is 2.41. The zero-order valence-electron chi connectivity index (χ0n) is 13.0. The molecule has 1 N–H and O–H groups in total. The molecule has 6 heteroatoms. The highest BCUT2D eigenvalue weighted by molar-refractivity contribution is 8.00. The fourth-order valence-electron chi connectivity index (χ4n) is 2.51. The predicted molar refractivity (Wildman–Crippen MR) is 91.2 cm³/mol. The first-order valence-corrected chi connectivity index (χ1v) is 8.87. The third-order valence-corrected chi connectivity index (χ3v) is 5.30. The van der Waals surface area contributed by atoms with Gasteiger partial charge >= 0.3 is 0 Å². The van der Waals surface area contributed by atoms with E-state index >= 15 is 0 Å². The van der Waals surface area contributed by atoms with E-state index in [2.05, 4.69) is 5.32 Å². The lowest BCUT2D eigenvalue weighted by Gasteiger charge is -2.29. The normalized spacial score (nSPS) is 21.2. The molecule has 2 amide bonds. The summed E-state index contributed by atoms with van der Waals surface area (Å²) in [6.07, 6.45) is 0.798. The van der Waals surface area contributed by atoms with E-state index in [1.54, 1.807) is 40.9 Å². The Bertz CT molecular complexity index is 565.